The molecular weight excluding hydrogens is 300 g/mol. The van der Waals surface area contributed by atoms with Crippen LogP contribution in [0.4, 0.5) is 0 Å². The minimum Gasteiger partial charge on any atom is -0.458 e. The first-order valence-corrected chi connectivity index (χ1v) is 7.54. The third-order valence-electron chi connectivity index (χ3n) is 4.24. The molecule has 126 valence electrons. The van der Waals surface area contributed by atoms with E-state index in [1.807, 2.05) is 13.0 Å². The highest BCUT2D eigenvalue weighted by atomic mass is 17.1. The van der Waals surface area contributed by atoms with Gasteiger partial charge in [0.1, 0.15) is 18.3 Å². The topological polar surface area (TPSA) is 82.1 Å². The molecule has 0 aromatic rings. The van der Waals surface area contributed by atoms with Crippen LogP contribution in [-0.2, 0) is 24.0 Å². The first-order chi connectivity index (χ1) is 10.8. The predicted molar refractivity (Wildman–Crippen MR) is 82.3 cm³/mol. The van der Waals surface area contributed by atoms with Crippen molar-refractivity contribution in [2.45, 2.75) is 51.4 Å². The van der Waals surface area contributed by atoms with Crippen molar-refractivity contribution in [3.8, 4) is 0 Å². The lowest BCUT2D eigenvalue weighted by molar-refractivity contribution is -0.272. The zero-order valence-electron chi connectivity index (χ0n) is 13.4. The molecule has 0 amide bonds. The fraction of sp³-hybridized carbons (Fsp3) is 0.529. The van der Waals surface area contributed by atoms with E-state index in [0.29, 0.717) is 30.4 Å². The lowest BCUT2D eigenvalue weighted by atomic mass is 9.84. The number of carbonyl (C=O) groups is 2. The summed E-state index contributed by atoms with van der Waals surface area (Å²) >= 11 is 0. The summed E-state index contributed by atoms with van der Waals surface area (Å²) in [6.45, 7) is 10.9. The Labute approximate surface area is 135 Å². The van der Waals surface area contributed by atoms with E-state index < -0.39 is 24.1 Å². The number of carbonyl (C=O) groups excluding carboxylic acids is 2. The predicted octanol–water partition coefficient (Wildman–Crippen LogP) is 2.56. The second-order valence-corrected chi connectivity index (χ2v) is 6.13. The number of ether oxygens (including phenoxy) is 2. The van der Waals surface area contributed by atoms with Crippen molar-refractivity contribution < 1.29 is 29.2 Å². The van der Waals surface area contributed by atoms with Gasteiger partial charge >= 0.3 is 11.9 Å². The maximum absolute atomic E-state index is 11.8. The standard InChI is InChI=1S/C17H22O6/c1-9-5-13(21-12(4)18)7-10(2)15(23-20)8-14-11(3)17(19)22-16(14)6-9/h5,13-16,20H,2-3,6-8H2,1,4H3/b9-5+/t13-,14+,15-,16-/m0/s1. The van der Waals surface area contributed by atoms with Gasteiger partial charge in [-0.05, 0) is 25.0 Å². The van der Waals surface area contributed by atoms with Crippen molar-refractivity contribution in [1.29, 1.82) is 0 Å². The van der Waals surface area contributed by atoms with Gasteiger partial charge < -0.3 is 9.47 Å². The van der Waals surface area contributed by atoms with Gasteiger partial charge in [0, 0.05) is 31.3 Å². The van der Waals surface area contributed by atoms with Crippen LogP contribution in [0.2, 0.25) is 0 Å². The highest BCUT2D eigenvalue weighted by Crippen LogP contribution is 2.37. The van der Waals surface area contributed by atoms with Gasteiger partial charge in [0.25, 0.3) is 0 Å². The number of hydrogen-bond donors (Lipinski definition) is 1. The van der Waals surface area contributed by atoms with Gasteiger partial charge in [0.15, 0.2) is 0 Å². The molecule has 4 atom stereocenters. The van der Waals surface area contributed by atoms with Crippen molar-refractivity contribution in [3.63, 3.8) is 0 Å². The van der Waals surface area contributed by atoms with E-state index in [4.69, 9.17) is 9.47 Å². The average molecular weight is 322 g/mol. The van der Waals surface area contributed by atoms with Gasteiger partial charge in [-0.25, -0.2) is 9.68 Å². The normalized spacial score (nSPS) is 34.2. The van der Waals surface area contributed by atoms with Gasteiger partial charge in [-0.3, -0.25) is 10.1 Å². The minimum atomic E-state index is -0.682. The van der Waals surface area contributed by atoms with Crippen molar-refractivity contribution >= 4 is 11.9 Å². The summed E-state index contributed by atoms with van der Waals surface area (Å²) in [6, 6.07) is 0. The van der Waals surface area contributed by atoms with Crippen LogP contribution >= 0.6 is 0 Å². The molecule has 1 saturated heterocycles. The van der Waals surface area contributed by atoms with Crippen LogP contribution in [0.1, 0.15) is 33.1 Å². The van der Waals surface area contributed by atoms with Crippen LogP contribution in [0.15, 0.2) is 36.0 Å². The minimum absolute atomic E-state index is 0.245. The molecule has 2 aliphatic rings. The largest absolute Gasteiger partial charge is 0.458 e. The van der Waals surface area contributed by atoms with Gasteiger partial charge in [-0.2, -0.15) is 0 Å². The SMILES string of the molecule is C=C1C[C@@H](OC(C)=O)/C=C(\C)C[C@@H]2OC(=O)C(=C)[C@H]2C[C@@H]1OO. The van der Waals surface area contributed by atoms with Crippen molar-refractivity contribution in [2.75, 3.05) is 0 Å². The van der Waals surface area contributed by atoms with E-state index in [1.54, 1.807) is 0 Å². The van der Waals surface area contributed by atoms with Crippen LogP contribution < -0.4 is 0 Å². The molecule has 1 fully saturated rings. The van der Waals surface area contributed by atoms with Crippen molar-refractivity contribution in [2.24, 2.45) is 5.92 Å². The smallest absolute Gasteiger partial charge is 0.334 e. The molecule has 0 bridgehead atoms. The molecule has 2 rings (SSSR count). The van der Waals surface area contributed by atoms with Crippen LogP contribution in [0.25, 0.3) is 0 Å². The Balaban J connectivity index is 2.31. The summed E-state index contributed by atoms with van der Waals surface area (Å²) in [6.07, 6.45) is 1.46. The van der Waals surface area contributed by atoms with Gasteiger partial charge in [0.05, 0.1) is 0 Å². The Kier molecular flexibility index (Phi) is 5.38. The molecule has 1 heterocycles. The summed E-state index contributed by atoms with van der Waals surface area (Å²) in [4.78, 5) is 27.6. The zero-order chi connectivity index (χ0) is 17.1. The van der Waals surface area contributed by atoms with E-state index in [0.717, 1.165) is 5.57 Å². The molecular formula is C17H22O6. The van der Waals surface area contributed by atoms with E-state index in [9.17, 15) is 14.8 Å². The van der Waals surface area contributed by atoms with Crippen molar-refractivity contribution in [3.05, 3.63) is 36.0 Å². The molecule has 6 heteroatoms. The Bertz CT molecular complexity index is 561. The molecule has 0 aromatic heterocycles. The molecule has 0 aromatic carbocycles. The van der Waals surface area contributed by atoms with Gasteiger partial charge in [0.2, 0.25) is 0 Å². The summed E-state index contributed by atoms with van der Waals surface area (Å²) in [5, 5.41) is 9.19. The number of esters is 2. The summed E-state index contributed by atoms with van der Waals surface area (Å²) in [5.74, 6) is -1.07. The van der Waals surface area contributed by atoms with Crippen LogP contribution in [0.3, 0.4) is 0 Å². The van der Waals surface area contributed by atoms with Crippen molar-refractivity contribution in [1.82, 2.24) is 0 Å². The lowest BCUT2D eigenvalue weighted by Crippen LogP contribution is -2.28. The number of fused-ring (bicyclic) bond motifs is 1. The maximum atomic E-state index is 11.8. The van der Waals surface area contributed by atoms with Gasteiger partial charge in [-0.1, -0.05) is 18.7 Å². The number of hydrogen-bond acceptors (Lipinski definition) is 6. The molecule has 0 spiro atoms. The van der Waals surface area contributed by atoms with Gasteiger partial charge in [-0.15, -0.1) is 0 Å². The van der Waals surface area contributed by atoms with E-state index in [1.165, 1.54) is 6.92 Å². The third kappa shape index (κ3) is 4.09. The van der Waals surface area contributed by atoms with E-state index in [-0.39, 0.29) is 12.0 Å². The molecule has 0 radical (unpaired) electrons. The van der Waals surface area contributed by atoms with E-state index in [2.05, 4.69) is 18.0 Å². The second kappa shape index (κ2) is 7.10. The third-order valence-corrected chi connectivity index (χ3v) is 4.24. The Morgan fingerprint density at radius 2 is 2.09 bits per heavy atom. The quantitative estimate of drug-likeness (QED) is 0.277. The monoisotopic (exact) mass is 322 g/mol. The maximum Gasteiger partial charge on any atom is 0.334 e. The summed E-state index contributed by atoms with van der Waals surface area (Å²) in [5.41, 5.74) is 1.91. The summed E-state index contributed by atoms with van der Waals surface area (Å²) in [7, 11) is 0. The van der Waals surface area contributed by atoms with Crippen LogP contribution in [-0.4, -0.2) is 35.5 Å². The second-order valence-electron chi connectivity index (χ2n) is 6.13. The fourth-order valence-corrected chi connectivity index (χ4v) is 3.10. The molecule has 6 nitrogen and oxygen atoms in total. The first kappa shape index (κ1) is 17.4. The van der Waals surface area contributed by atoms with Crippen LogP contribution in [0.5, 0.6) is 0 Å². The molecule has 23 heavy (non-hydrogen) atoms. The first-order valence-electron chi connectivity index (χ1n) is 7.54. The molecule has 1 aliphatic carbocycles. The molecule has 0 saturated carbocycles. The highest BCUT2D eigenvalue weighted by molar-refractivity contribution is 5.90. The molecule has 0 unspecified atom stereocenters. The molecule has 1 N–H and O–H groups in total. The zero-order valence-corrected chi connectivity index (χ0v) is 13.4. The van der Waals surface area contributed by atoms with E-state index >= 15 is 0 Å². The number of rotatable bonds is 2. The molecule has 1 aliphatic heterocycles. The fourth-order valence-electron chi connectivity index (χ4n) is 3.10. The van der Waals surface area contributed by atoms with Crippen LogP contribution in [0, 0.1) is 5.92 Å². The summed E-state index contributed by atoms with van der Waals surface area (Å²) < 4.78 is 10.6. The Hall–Kier alpha value is -1.92. The average Bonchev–Trinajstić information content (AvgIpc) is 2.69. The Morgan fingerprint density at radius 1 is 1.39 bits per heavy atom. The highest BCUT2D eigenvalue weighted by Gasteiger charge is 2.41. The Morgan fingerprint density at radius 3 is 2.70 bits per heavy atom. The lowest BCUT2D eigenvalue weighted by Gasteiger charge is -2.27.